The van der Waals surface area contributed by atoms with Crippen LogP contribution in [-0.4, -0.2) is 23.2 Å². The molecular weight excluding hydrogens is 258 g/mol. The van der Waals surface area contributed by atoms with E-state index in [2.05, 4.69) is 27.9 Å². The average Bonchev–Trinajstić information content (AvgIpc) is 2.86. The van der Waals surface area contributed by atoms with Gasteiger partial charge in [0.15, 0.2) is 0 Å². The van der Waals surface area contributed by atoms with Crippen LogP contribution in [-0.2, 0) is 0 Å². The zero-order valence-corrected chi connectivity index (χ0v) is 12.3. The Morgan fingerprint density at radius 2 is 2.16 bits per heavy atom. The fourth-order valence-electron chi connectivity index (χ4n) is 2.04. The van der Waals surface area contributed by atoms with Gasteiger partial charge >= 0.3 is 0 Å². The second-order valence-electron chi connectivity index (χ2n) is 4.35. The van der Waals surface area contributed by atoms with Crippen molar-refractivity contribution in [3.05, 3.63) is 40.4 Å². The molecule has 0 fully saturated rings. The number of nitrogens with zero attached hydrogens (tertiary/aromatic N) is 2. The quantitative estimate of drug-likeness (QED) is 0.882. The number of ether oxygens (including phenoxy) is 1. The molecular formula is C14H19N3OS. The first-order valence-electron chi connectivity index (χ1n) is 6.43. The Balaban J connectivity index is 2.40. The average molecular weight is 277 g/mol. The van der Waals surface area contributed by atoms with Gasteiger partial charge in [0, 0.05) is 5.56 Å². The topological polar surface area (TPSA) is 47.0 Å². The highest BCUT2D eigenvalue weighted by atomic mass is 32.1. The number of para-hydroxylation sites is 1. The molecule has 2 rings (SSSR count). The number of aromatic nitrogens is 2. The zero-order chi connectivity index (χ0) is 13.7. The Morgan fingerprint density at radius 1 is 1.37 bits per heavy atom. The van der Waals surface area contributed by atoms with Crippen molar-refractivity contribution in [2.24, 2.45) is 0 Å². The highest BCUT2D eigenvalue weighted by molar-refractivity contribution is 7.05. The molecule has 1 unspecified atom stereocenters. The summed E-state index contributed by atoms with van der Waals surface area (Å²) in [5, 5.41) is 7.67. The van der Waals surface area contributed by atoms with Crippen LogP contribution in [0, 0.1) is 6.92 Å². The molecule has 0 aliphatic rings. The van der Waals surface area contributed by atoms with E-state index in [1.165, 1.54) is 11.5 Å². The molecule has 1 aromatic heterocycles. The van der Waals surface area contributed by atoms with Crippen molar-refractivity contribution in [2.45, 2.75) is 26.3 Å². The van der Waals surface area contributed by atoms with E-state index in [0.29, 0.717) is 0 Å². The van der Waals surface area contributed by atoms with Crippen molar-refractivity contribution >= 4 is 11.5 Å². The Labute approximate surface area is 118 Å². The molecule has 1 aromatic carbocycles. The molecule has 5 heteroatoms. The number of hydrogen-bond donors (Lipinski definition) is 1. The summed E-state index contributed by atoms with van der Waals surface area (Å²) in [5.41, 5.74) is 2.11. The van der Waals surface area contributed by atoms with Crippen LogP contribution in [0.25, 0.3) is 0 Å². The monoisotopic (exact) mass is 277 g/mol. The Bertz CT molecular complexity index is 527. The van der Waals surface area contributed by atoms with E-state index in [9.17, 15) is 0 Å². The third-order valence-corrected chi connectivity index (χ3v) is 3.89. The molecule has 0 radical (unpaired) electrons. The highest BCUT2D eigenvalue weighted by Crippen LogP contribution is 2.32. The van der Waals surface area contributed by atoms with Crippen molar-refractivity contribution in [1.29, 1.82) is 0 Å². The lowest BCUT2D eigenvalue weighted by Crippen LogP contribution is -2.23. The van der Waals surface area contributed by atoms with Gasteiger partial charge in [-0.05, 0) is 37.5 Å². The van der Waals surface area contributed by atoms with Crippen LogP contribution in [0.5, 0.6) is 5.75 Å². The molecule has 0 aliphatic heterocycles. The summed E-state index contributed by atoms with van der Waals surface area (Å²) in [6.45, 7) is 5.10. The predicted molar refractivity (Wildman–Crippen MR) is 77.8 cm³/mol. The van der Waals surface area contributed by atoms with E-state index in [0.717, 1.165) is 34.8 Å². The van der Waals surface area contributed by atoms with Gasteiger partial charge in [-0.25, -0.2) is 0 Å². The van der Waals surface area contributed by atoms with Crippen LogP contribution in [0.4, 0.5) is 0 Å². The van der Waals surface area contributed by atoms with E-state index in [4.69, 9.17) is 4.74 Å². The number of rotatable bonds is 6. The second kappa shape index (κ2) is 6.63. The molecule has 1 heterocycles. The minimum Gasteiger partial charge on any atom is -0.496 e. The van der Waals surface area contributed by atoms with Gasteiger partial charge in [-0.3, -0.25) is 0 Å². The molecule has 0 amide bonds. The zero-order valence-electron chi connectivity index (χ0n) is 11.5. The maximum atomic E-state index is 5.47. The molecule has 0 saturated carbocycles. The van der Waals surface area contributed by atoms with E-state index < -0.39 is 0 Å². The van der Waals surface area contributed by atoms with Gasteiger partial charge in [0.2, 0.25) is 0 Å². The number of aryl methyl sites for hydroxylation is 1. The standard InChI is InChI=1S/C14H19N3OS/c1-4-9-15-13(14-10(2)16-17-19-14)11-7-5-6-8-12(11)18-3/h5-8,13,15H,4,9H2,1-3H3. The summed E-state index contributed by atoms with van der Waals surface area (Å²) in [4.78, 5) is 1.15. The van der Waals surface area contributed by atoms with E-state index >= 15 is 0 Å². The number of hydrogen-bond acceptors (Lipinski definition) is 5. The SMILES string of the molecule is CCCNC(c1ccccc1OC)c1snnc1C. The molecule has 19 heavy (non-hydrogen) atoms. The molecule has 0 aliphatic carbocycles. The number of methoxy groups -OCH3 is 1. The molecule has 0 bridgehead atoms. The third kappa shape index (κ3) is 3.11. The van der Waals surface area contributed by atoms with Crippen LogP contribution in [0.15, 0.2) is 24.3 Å². The summed E-state index contributed by atoms with van der Waals surface area (Å²) in [7, 11) is 1.70. The molecule has 0 spiro atoms. The Kier molecular flexibility index (Phi) is 4.87. The van der Waals surface area contributed by atoms with Gasteiger partial charge in [0.1, 0.15) is 5.75 Å². The summed E-state index contributed by atoms with van der Waals surface area (Å²) in [6, 6.07) is 8.18. The van der Waals surface area contributed by atoms with Crippen LogP contribution < -0.4 is 10.1 Å². The van der Waals surface area contributed by atoms with E-state index in [1.54, 1.807) is 7.11 Å². The molecule has 4 nitrogen and oxygen atoms in total. The van der Waals surface area contributed by atoms with E-state index in [1.807, 2.05) is 25.1 Å². The van der Waals surface area contributed by atoms with E-state index in [-0.39, 0.29) is 6.04 Å². The van der Waals surface area contributed by atoms with Crippen molar-refractivity contribution in [1.82, 2.24) is 14.9 Å². The predicted octanol–water partition coefficient (Wildman–Crippen LogP) is 2.94. The largest absolute Gasteiger partial charge is 0.496 e. The highest BCUT2D eigenvalue weighted by Gasteiger charge is 2.21. The van der Waals surface area contributed by atoms with Crippen molar-refractivity contribution < 1.29 is 4.74 Å². The van der Waals surface area contributed by atoms with Gasteiger partial charge in [0.05, 0.1) is 23.7 Å². The normalized spacial score (nSPS) is 12.4. The van der Waals surface area contributed by atoms with Gasteiger partial charge in [-0.15, -0.1) is 5.10 Å². The minimum absolute atomic E-state index is 0.0936. The van der Waals surface area contributed by atoms with Crippen LogP contribution in [0.2, 0.25) is 0 Å². The van der Waals surface area contributed by atoms with Gasteiger partial charge in [0.25, 0.3) is 0 Å². The van der Waals surface area contributed by atoms with Gasteiger partial charge in [-0.1, -0.05) is 29.6 Å². The minimum atomic E-state index is 0.0936. The molecule has 2 aromatic rings. The lowest BCUT2D eigenvalue weighted by atomic mass is 10.0. The van der Waals surface area contributed by atoms with Crippen LogP contribution in [0.3, 0.4) is 0 Å². The maximum absolute atomic E-state index is 5.47. The van der Waals surface area contributed by atoms with Crippen LogP contribution in [0.1, 0.15) is 35.5 Å². The van der Waals surface area contributed by atoms with Crippen molar-refractivity contribution in [2.75, 3.05) is 13.7 Å². The molecule has 1 atom stereocenters. The number of nitrogens with one attached hydrogen (secondary N) is 1. The summed E-state index contributed by atoms with van der Waals surface area (Å²) in [5.74, 6) is 0.893. The fraction of sp³-hybridized carbons (Fsp3) is 0.429. The Hall–Kier alpha value is -1.46. The first-order chi connectivity index (χ1) is 9.27. The first-order valence-corrected chi connectivity index (χ1v) is 7.20. The molecule has 102 valence electrons. The van der Waals surface area contributed by atoms with Crippen molar-refractivity contribution in [3.8, 4) is 5.75 Å². The lowest BCUT2D eigenvalue weighted by molar-refractivity contribution is 0.404. The maximum Gasteiger partial charge on any atom is 0.124 e. The Morgan fingerprint density at radius 3 is 2.79 bits per heavy atom. The van der Waals surface area contributed by atoms with Crippen molar-refractivity contribution in [3.63, 3.8) is 0 Å². The van der Waals surface area contributed by atoms with Gasteiger partial charge in [-0.2, -0.15) is 0 Å². The second-order valence-corrected chi connectivity index (χ2v) is 5.14. The smallest absolute Gasteiger partial charge is 0.124 e. The lowest BCUT2D eigenvalue weighted by Gasteiger charge is -2.20. The third-order valence-electron chi connectivity index (χ3n) is 3.00. The summed E-state index contributed by atoms with van der Waals surface area (Å²) in [6.07, 6.45) is 1.08. The molecule has 1 N–H and O–H groups in total. The summed E-state index contributed by atoms with van der Waals surface area (Å²) < 4.78 is 9.51. The van der Waals surface area contributed by atoms with Crippen LogP contribution >= 0.6 is 11.5 Å². The molecule has 0 saturated heterocycles. The number of benzene rings is 1. The van der Waals surface area contributed by atoms with Gasteiger partial charge < -0.3 is 10.1 Å². The summed E-state index contributed by atoms with van der Waals surface area (Å²) >= 11 is 1.44. The first kappa shape index (κ1) is 14.0. The fourth-order valence-corrected chi connectivity index (χ4v) is 2.78.